The number of sulfonamides is 1. The monoisotopic (exact) mass is 427 g/mol. The first-order chi connectivity index (χ1) is 13.7. The molecule has 29 heavy (non-hydrogen) atoms. The van der Waals surface area contributed by atoms with Crippen molar-refractivity contribution >= 4 is 27.6 Å². The number of rotatable bonds is 6. The molecule has 1 aliphatic rings. The third-order valence-corrected chi connectivity index (χ3v) is 6.29. The molecule has 1 aromatic heterocycles. The molecule has 0 unspecified atom stereocenters. The quantitative estimate of drug-likeness (QED) is 0.710. The molecular formula is C18H19F2N3O5S. The second-order valence-electron chi connectivity index (χ2n) is 6.53. The van der Waals surface area contributed by atoms with Crippen LogP contribution in [0.5, 0.6) is 0 Å². The molecule has 1 aliphatic heterocycles. The van der Waals surface area contributed by atoms with E-state index in [2.05, 4.69) is 5.32 Å². The molecule has 2 aromatic rings. The van der Waals surface area contributed by atoms with E-state index in [4.69, 9.17) is 4.74 Å². The van der Waals surface area contributed by atoms with Gasteiger partial charge in [0.15, 0.2) is 6.61 Å². The Labute approximate surface area is 166 Å². The van der Waals surface area contributed by atoms with E-state index in [0.29, 0.717) is 13.1 Å². The van der Waals surface area contributed by atoms with Gasteiger partial charge >= 0.3 is 5.97 Å². The van der Waals surface area contributed by atoms with Crippen molar-refractivity contribution in [3.8, 4) is 0 Å². The van der Waals surface area contributed by atoms with E-state index in [1.807, 2.05) is 0 Å². The van der Waals surface area contributed by atoms with E-state index in [-0.39, 0.29) is 16.3 Å². The van der Waals surface area contributed by atoms with Crippen LogP contribution in [0.3, 0.4) is 0 Å². The summed E-state index contributed by atoms with van der Waals surface area (Å²) in [6.45, 7) is 0.0931. The molecule has 1 N–H and O–H groups in total. The van der Waals surface area contributed by atoms with E-state index in [1.54, 1.807) is 0 Å². The Balaban J connectivity index is 1.64. The Kier molecular flexibility index (Phi) is 5.99. The lowest BCUT2D eigenvalue weighted by Crippen LogP contribution is -2.27. The highest BCUT2D eigenvalue weighted by Crippen LogP contribution is 2.23. The van der Waals surface area contributed by atoms with Crippen LogP contribution in [0.4, 0.5) is 14.5 Å². The van der Waals surface area contributed by atoms with Crippen LogP contribution in [0.15, 0.2) is 35.4 Å². The zero-order valence-electron chi connectivity index (χ0n) is 15.5. The number of aryl methyl sites for hydroxylation is 1. The van der Waals surface area contributed by atoms with Crippen LogP contribution in [0, 0.1) is 11.6 Å². The number of benzene rings is 1. The van der Waals surface area contributed by atoms with Gasteiger partial charge in [0.05, 0.1) is 5.69 Å². The van der Waals surface area contributed by atoms with Crippen molar-refractivity contribution in [3.63, 3.8) is 0 Å². The maximum absolute atomic E-state index is 13.5. The Bertz CT molecular complexity index is 1050. The number of esters is 1. The highest BCUT2D eigenvalue weighted by atomic mass is 32.2. The van der Waals surface area contributed by atoms with Crippen LogP contribution in [0.25, 0.3) is 0 Å². The van der Waals surface area contributed by atoms with Crippen molar-refractivity contribution in [1.82, 2.24) is 8.87 Å². The normalized spacial score (nSPS) is 14.7. The minimum Gasteiger partial charge on any atom is -0.451 e. The summed E-state index contributed by atoms with van der Waals surface area (Å²) in [6, 6.07) is 3.72. The number of carbonyl (C=O) groups is 2. The molecule has 1 fully saturated rings. The molecule has 1 saturated heterocycles. The molecule has 0 spiro atoms. The molecule has 0 saturated carbocycles. The van der Waals surface area contributed by atoms with E-state index in [1.165, 1.54) is 28.2 Å². The van der Waals surface area contributed by atoms with E-state index >= 15 is 0 Å². The number of aromatic nitrogens is 1. The van der Waals surface area contributed by atoms with Gasteiger partial charge in [-0.25, -0.2) is 22.0 Å². The largest absolute Gasteiger partial charge is 0.451 e. The summed E-state index contributed by atoms with van der Waals surface area (Å²) in [5.74, 6) is -3.38. The fourth-order valence-electron chi connectivity index (χ4n) is 2.94. The van der Waals surface area contributed by atoms with Gasteiger partial charge < -0.3 is 14.6 Å². The second kappa shape index (κ2) is 8.29. The van der Waals surface area contributed by atoms with Crippen LogP contribution >= 0.6 is 0 Å². The summed E-state index contributed by atoms with van der Waals surface area (Å²) < 4.78 is 59.3. The Morgan fingerprint density at radius 1 is 1.17 bits per heavy atom. The molecule has 0 aliphatic carbocycles. The Morgan fingerprint density at radius 2 is 1.86 bits per heavy atom. The fourth-order valence-corrected chi connectivity index (χ4v) is 4.53. The number of halogens is 2. The van der Waals surface area contributed by atoms with Crippen molar-refractivity contribution in [2.45, 2.75) is 17.7 Å². The first kappa shape index (κ1) is 20.9. The molecule has 0 radical (unpaired) electrons. The van der Waals surface area contributed by atoms with Gasteiger partial charge in [-0.2, -0.15) is 4.31 Å². The standard InChI is InChI=1S/C18H19F2N3O5S/c1-22-10-13(29(26,27)23-6-2-3-7-23)9-16(22)18(25)28-11-17(24)21-15-8-12(19)4-5-14(15)20/h4-5,8-10H,2-3,6-7,11H2,1H3,(H,21,24). The molecule has 11 heteroatoms. The number of nitrogens with one attached hydrogen (secondary N) is 1. The molecule has 8 nitrogen and oxygen atoms in total. The van der Waals surface area contributed by atoms with Crippen LogP contribution < -0.4 is 5.32 Å². The highest BCUT2D eigenvalue weighted by Gasteiger charge is 2.29. The van der Waals surface area contributed by atoms with Gasteiger partial charge in [-0.15, -0.1) is 0 Å². The number of hydrogen-bond donors (Lipinski definition) is 1. The highest BCUT2D eigenvalue weighted by molar-refractivity contribution is 7.89. The zero-order valence-corrected chi connectivity index (χ0v) is 16.3. The number of amides is 1. The third-order valence-electron chi connectivity index (χ3n) is 4.43. The summed E-state index contributed by atoms with van der Waals surface area (Å²) in [6.07, 6.45) is 2.86. The lowest BCUT2D eigenvalue weighted by Gasteiger charge is -2.13. The molecule has 156 valence electrons. The topological polar surface area (TPSA) is 97.7 Å². The van der Waals surface area contributed by atoms with Crippen LogP contribution in [-0.4, -0.2) is 48.9 Å². The van der Waals surface area contributed by atoms with Crippen molar-refractivity contribution in [2.75, 3.05) is 25.0 Å². The average molecular weight is 427 g/mol. The molecule has 2 heterocycles. The number of carbonyl (C=O) groups excluding carboxylic acids is 2. The summed E-state index contributed by atoms with van der Waals surface area (Å²) in [5.41, 5.74) is -0.448. The van der Waals surface area contributed by atoms with Gasteiger partial charge in [0.25, 0.3) is 5.91 Å². The lowest BCUT2D eigenvalue weighted by atomic mass is 10.3. The lowest BCUT2D eigenvalue weighted by molar-refractivity contribution is -0.119. The van der Waals surface area contributed by atoms with Gasteiger partial charge in [-0.3, -0.25) is 4.79 Å². The summed E-state index contributed by atoms with van der Waals surface area (Å²) in [4.78, 5) is 24.0. The van der Waals surface area contributed by atoms with E-state index in [9.17, 15) is 26.8 Å². The van der Waals surface area contributed by atoms with Crippen molar-refractivity contribution in [1.29, 1.82) is 0 Å². The molecule has 0 atom stereocenters. The Hall–Kier alpha value is -2.79. The number of ether oxygens (including phenoxy) is 1. The van der Waals surface area contributed by atoms with Crippen LogP contribution in [0.2, 0.25) is 0 Å². The third kappa shape index (κ3) is 4.62. The van der Waals surface area contributed by atoms with E-state index in [0.717, 1.165) is 31.0 Å². The van der Waals surface area contributed by atoms with Crippen LogP contribution in [0.1, 0.15) is 23.3 Å². The Morgan fingerprint density at radius 3 is 2.55 bits per heavy atom. The van der Waals surface area contributed by atoms with Crippen LogP contribution in [-0.2, 0) is 26.6 Å². The predicted molar refractivity (Wildman–Crippen MR) is 98.7 cm³/mol. The number of nitrogens with zero attached hydrogens (tertiary/aromatic N) is 2. The smallest absolute Gasteiger partial charge is 0.355 e. The number of anilines is 1. The molecular weight excluding hydrogens is 408 g/mol. The van der Waals surface area contributed by atoms with Crippen molar-refractivity contribution in [3.05, 3.63) is 47.8 Å². The molecule has 1 aromatic carbocycles. The summed E-state index contributed by atoms with van der Waals surface area (Å²) in [7, 11) is -2.23. The predicted octanol–water partition coefficient (Wildman–Crippen LogP) is 1.88. The minimum absolute atomic E-state index is 0.0415. The van der Waals surface area contributed by atoms with Gasteiger partial charge in [0.2, 0.25) is 10.0 Å². The summed E-state index contributed by atoms with van der Waals surface area (Å²) in [5, 5.41) is 2.10. The van der Waals surface area contributed by atoms with Crippen molar-refractivity contribution < 1.29 is 31.5 Å². The first-order valence-corrected chi connectivity index (χ1v) is 10.2. The maximum atomic E-state index is 13.5. The zero-order chi connectivity index (χ0) is 21.2. The van der Waals surface area contributed by atoms with Gasteiger partial charge in [0.1, 0.15) is 22.2 Å². The summed E-state index contributed by atoms with van der Waals surface area (Å²) >= 11 is 0. The second-order valence-corrected chi connectivity index (χ2v) is 8.47. The minimum atomic E-state index is -3.71. The van der Waals surface area contributed by atoms with Crippen molar-refractivity contribution in [2.24, 2.45) is 7.05 Å². The number of hydrogen-bond acceptors (Lipinski definition) is 5. The van der Waals surface area contributed by atoms with Gasteiger partial charge in [-0.05, 0) is 31.0 Å². The maximum Gasteiger partial charge on any atom is 0.355 e. The average Bonchev–Trinajstić information content (AvgIpc) is 3.33. The molecule has 0 bridgehead atoms. The van der Waals surface area contributed by atoms with E-state index < -0.39 is 40.1 Å². The first-order valence-electron chi connectivity index (χ1n) is 8.77. The SMILES string of the molecule is Cn1cc(S(=O)(=O)N2CCCC2)cc1C(=O)OCC(=O)Nc1cc(F)ccc1F. The van der Waals surface area contributed by atoms with Gasteiger partial charge in [-0.1, -0.05) is 0 Å². The fraction of sp³-hybridized carbons (Fsp3) is 0.333. The molecule has 3 rings (SSSR count). The van der Waals surface area contributed by atoms with Gasteiger partial charge in [0, 0.05) is 32.4 Å². The molecule has 1 amide bonds.